The highest BCUT2D eigenvalue weighted by molar-refractivity contribution is 5.61. The zero-order valence-electron chi connectivity index (χ0n) is 20.2. The van der Waals surface area contributed by atoms with Gasteiger partial charge in [-0.3, -0.25) is 0 Å². The van der Waals surface area contributed by atoms with Crippen LogP contribution in [0.4, 0.5) is 0 Å². The lowest BCUT2D eigenvalue weighted by Crippen LogP contribution is -2.00. The minimum absolute atomic E-state index is 0.0657. The molecule has 1 saturated heterocycles. The molecule has 4 rings (SSSR count). The van der Waals surface area contributed by atoms with Crippen LogP contribution in [0.1, 0.15) is 22.8 Å². The molecule has 2 atom stereocenters. The van der Waals surface area contributed by atoms with E-state index in [1.807, 2.05) is 30.3 Å². The van der Waals surface area contributed by atoms with Gasteiger partial charge in [-0.2, -0.15) is 0 Å². The molecule has 2 unspecified atom stereocenters. The number of benzene rings is 3. The average Bonchev–Trinajstić information content (AvgIpc) is 3.68. The third-order valence-electron chi connectivity index (χ3n) is 5.93. The van der Waals surface area contributed by atoms with Crippen LogP contribution >= 0.6 is 0 Å². The van der Waals surface area contributed by atoms with Gasteiger partial charge < -0.3 is 38.6 Å². The molecule has 2 N–H and O–H groups in total. The molecule has 0 aliphatic carbocycles. The van der Waals surface area contributed by atoms with Gasteiger partial charge in [-0.15, -0.1) is 0 Å². The van der Waals surface area contributed by atoms with Crippen LogP contribution in [0.15, 0.2) is 48.5 Å². The van der Waals surface area contributed by atoms with Crippen molar-refractivity contribution in [3.63, 3.8) is 0 Å². The first-order chi connectivity index (χ1) is 17.0. The molecule has 0 amide bonds. The summed E-state index contributed by atoms with van der Waals surface area (Å²) >= 11 is 0. The number of hydrogen-bond acceptors (Lipinski definition) is 8. The van der Waals surface area contributed by atoms with Gasteiger partial charge in [0.1, 0.15) is 18.0 Å². The third kappa shape index (κ3) is 5.39. The van der Waals surface area contributed by atoms with Crippen LogP contribution in [0.3, 0.4) is 0 Å². The van der Waals surface area contributed by atoms with Crippen LogP contribution in [-0.2, 0) is 17.6 Å². The minimum Gasteiger partial charge on any atom is -0.504 e. The second-order valence-electron chi connectivity index (χ2n) is 8.13. The summed E-state index contributed by atoms with van der Waals surface area (Å²) in [5.74, 6) is 2.36. The monoisotopic (exact) mass is 482 g/mol. The number of rotatable bonds is 11. The third-order valence-corrected chi connectivity index (χ3v) is 5.93. The summed E-state index contributed by atoms with van der Waals surface area (Å²) in [6, 6.07) is 14.9. The number of methoxy groups -OCH3 is 4. The second kappa shape index (κ2) is 10.8. The van der Waals surface area contributed by atoms with Crippen LogP contribution in [-0.4, -0.2) is 51.4 Å². The smallest absolute Gasteiger partial charge is 0.211 e. The summed E-state index contributed by atoms with van der Waals surface area (Å²) in [5.41, 5.74) is 2.82. The number of ether oxygens (including phenoxy) is 6. The largest absolute Gasteiger partial charge is 0.504 e. The topological polar surface area (TPSA) is 99.1 Å². The minimum atomic E-state index is -0.246. The summed E-state index contributed by atoms with van der Waals surface area (Å²) in [7, 11) is 6.19. The Bertz CT molecular complexity index is 1150. The summed E-state index contributed by atoms with van der Waals surface area (Å²) in [5, 5.41) is 20.2. The van der Waals surface area contributed by atoms with Crippen molar-refractivity contribution in [2.45, 2.75) is 25.0 Å². The molecule has 0 spiro atoms. The van der Waals surface area contributed by atoms with Crippen LogP contribution < -0.4 is 23.7 Å². The molecule has 1 aliphatic heterocycles. The van der Waals surface area contributed by atoms with Gasteiger partial charge in [0, 0.05) is 0 Å². The van der Waals surface area contributed by atoms with Gasteiger partial charge in [0.15, 0.2) is 23.0 Å². The fourth-order valence-corrected chi connectivity index (χ4v) is 4.00. The molecule has 0 saturated carbocycles. The van der Waals surface area contributed by atoms with Crippen LogP contribution in [0.2, 0.25) is 0 Å². The van der Waals surface area contributed by atoms with E-state index in [1.54, 1.807) is 25.3 Å². The van der Waals surface area contributed by atoms with Crippen LogP contribution in [0.5, 0.6) is 40.2 Å². The number of aliphatic hydroxyl groups is 1. The number of hydrogen-bond donors (Lipinski definition) is 2. The van der Waals surface area contributed by atoms with E-state index in [0.717, 1.165) is 28.9 Å². The van der Waals surface area contributed by atoms with Gasteiger partial charge in [0.25, 0.3) is 0 Å². The predicted octanol–water partition coefficient (Wildman–Crippen LogP) is 4.44. The molecule has 0 radical (unpaired) electrons. The van der Waals surface area contributed by atoms with Crippen molar-refractivity contribution in [2.75, 3.05) is 35.0 Å². The number of aliphatic hydroxyl groups excluding tert-OH is 1. The van der Waals surface area contributed by atoms with Crippen molar-refractivity contribution < 1.29 is 38.6 Å². The Morgan fingerprint density at radius 1 is 0.771 bits per heavy atom. The van der Waals surface area contributed by atoms with Gasteiger partial charge in [-0.05, 0) is 65.9 Å². The first-order valence-corrected chi connectivity index (χ1v) is 11.2. The number of phenolic OH excluding ortho intramolecular Hbond substituents is 1. The highest BCUT2D eigenvalue weighted by Crippen LogP contribution is 2.50. The fourth-order valence-electron chi connectivity index (χ4n) is 4.00. The molecule has 0 aromatic heterocycles. The Balaban J connectivity index is 1.59. The number of epoxide rings is 1. The lowest BCUT2D eigenvalue weighted by atomic mass is 10.0. The van der Waals surface area contributed by atoms with Crippen LogP contribution in [0.25, 0.3) is 0 Å². The predicted molar refractivity (Wildman–Crippen MR) is 129 cm³/mol. The maximum absolute atomic E-state index is 10.8. The number of phenols is 1. The molecule has 8 heteroatoms. The summed E-state index contributed by atoms with van der Waals surface area (Å²) in [4.78, 5) is 0. The Morgan fingerprint density at radius 3 is 2.03 bits per heavy atom. The van der Waals surface area contributed by atoms with E-state index >= 15 is 0 Å². The normalized spacial score (nSPS) is 16.5. The Morgan fingerprint density at radius 2 is 1.43 bits per heavy atom. The van der Waals surface area contributed by atoms with E-state index in [9.17, 15) is 10.2 Å². The molecule has 0 bridgehead atoms. The zero-order valence-corrected chi connectivity index (χ0v) is 20.2. The number of aryl methyl sites for hydroxylation is 2. The van der Waals surface area contributed by atoms with Crippen molar-refractivity contribution in [1.29, 1.82) is 0 Å². The highest BCUT2D eigenvalue weighted by Gasteiger charge is 2.40. The maximum atomic E-state index is 10.8. The number of aromatic hydroxyl groups is 1. The van der Waals surface area contributed by atoms with Crippen molar-refractivity contribution in [3.05, 3.63) is 65.2 Å². The zero-order chi connectivity index (χ0) is 24.9. The Labute approximate surface area is 204 Å². The van der Waals surface area contributed by atoms with Gasteiger partial charge in [-0.1, -0.05) is 12.1 Å². The second-order valence-corrected chi connectivity index (χ2v) is 8.13. The van der Waals surface area contributed by atoms with E-state index in [0.29, 0.717) is 23.7 Å². The molecule has 3 aromatic rings. The molecule has 1 fully saturated rings. The van der Waals surface area contributed by atoms with Crippen LogP contribution in [0, 0.1) is 0 Å². The average molecular weight is 483 g/mol. The summed E-state index contributed by atoms with van der Waals surface area (Å²) in [6.45, 7) is -0.0667. The van der Waals surface area contributed by atoms with E-state index < -0.39 is 0 Å². The first kappa shape index (κ1) is 24.5. The summed E-state index contributed by atoms with van der Waals surface area (Å²) in [6.07, 6.45) is 0.973. The standard InChI is InChI=1S/C27H30O8/c1-30-19-7-5-6-16(10-19)8-9-17-11-20(29)26(21(12-17)31-2)35-27-22(32-3)13-18(14-23(27)33-4)25-24(15-28)34-25/h5-7,10-14,24-25,28-29H,8-9,15H2,1-4H3. The molecule has 1 heterocycles. The van der Waals surface area contributed by atoms with E-state index in [2.05, 4.69) is 0 Å². The lowest BCUT2D eigenvalue weighted by molar-refractivity contribution is 0.242. The molecule has 8 nitrogen and oxygen atoms in total. The SMILES string of the molecule is COc1cccc(CCc2cc(O)c(Oc3c(OC)cc(C4OC4CO)cc3OC)c(OC)c2)c1. The Kier molecular flexibility index (Phi) is 7.53. The van der Waals surface area contributed by atoms with Crippen molar-refractivity contribution in [1.82, 2.24) is 0 Å². The summed E-state index contributed by atoms with van der Waals surface area (Å²) < 4.78 is 33.5. The van der Waals surface area contributed by atoms with E-state index in [4.69, 9.17) is 28.4 Å². The van der Waals surface area contributed by atoms with Crippen molar-refractivity contribution >= 4 is 0 Å². The first-order valence-electron chi connectivity index (χ1n) is 11.2. The highest BCUT2D eigenvalue weighted by atomic mass is 16.6. The van der Waals surface area contributed by atoms with E-state index in [-0.39, 0.29) is 36.1 Å². The van der Waals surface area contributed by atoms with Crippen molar-refractivity contribution in [3.8, 4) is 40.2 Å². The maximum Gasteiger partial charge on any atom is 0.211 e. The van der Waals surface area contributed by atoms with Gasteiger partial charge in [-0.25, -0.2) is 0 Å². The molecule has 1 aliphatic rings. The molecular weight excluding hydrogens is 452 g/mol. The molecule has 186 valence electrons. The quantitative estimate of drug-likeness (QED) is 0.387. The Hall–Kier alpha value is -3.62. The van der Waals surface area contributed by atoms with Gasteiger partial charge in [0.2, 0.25) is 11.5 Å². The van der Waals surface area contributed by atoms with Gasteiger partial charge in [0.05, 0.1) is 35.0 Å². The lowest BCUT2D eigenvalue weighted by Gasteiger charge is -2.18. The van der Waals surface area contributed by atoms with Gasteiger partial charge >= 0.3 is 0 Å². The van der Waals surface area contributed by atoms with E-state index in [1.165, 1.54) is 21.3 Å². The molecule has 35 heavy (non-hydrogen) atoms. The van der Waals surface area contributed by atoms with Crippen molar-refractivity contribution in [2.24, 2.45) is 0 Å². The molecule has 3 aromatic carbocycles. The molecular formula is C27H30O8. The fraction of sp³-hybridized carbons (Fsp3) is 0.333.